The lowest BCUT2D eigenvalue weighted by molar-refractivity contribution is -0.141. The molecule has 186 valence electrons. The summed E-state index contributed by atoms with van der Waals surface area (Å²) in [7, 11) is 0. The lowest BCUT2D eigenvalue weighted by atomic mass is 10.0. The fourth-order valence-electron chi connectivity index (χ4n) is 4.04. The van der Waals surface area contributed by atoms with Crippen LogP contribution in [0.15, 0.2) is 64.3 Å². The van der Waals surface area contributed by atoms with E-state index in [4.69, 9.17) is 5.11 Å². The number of hydrogen-bond acceptors (Lipinski definition) is 5. The second kappa shape index (κ2) is 9.90. The molecule has 0 saturated heterocycles. The average Bonchev–Trinajstić information content (AvgIpc) is 3.26. The lowest BCUT2D eigenvalue weighted by Crippen LogP contribution is -2.52. The van der Waals surface area contributed by atoms with Gasteiger partial charge in [-0.1, -0.05) is 30.3 Å². The first kappa shape index (κ1) is 24.5. The van der Waals surface area contributed by atoms with Crippen molar-refractivity contribution in [3.63, 3.8) is 0 Å². The summed E-state index contributed by atoms with van der Waals surface area (Å²) >= 11 is 0. The van der Waals surface area contributed by atoms with Crippen molar-refractivity contribution in [3.05, 3.63) is 81.1 Å². The van der Waals surface area contributed by atoms with Gasteiger partial charge in [0.15, 0.2) is 0 Å². The molecule has 0 fully saturated rings. The van der Waals surface area contributed by atoms with Gasteiger partial charge in [-0.25, -0.2) is 9.36 Å². The number of nitrogens with zero attached hydrogens (tertiary/aromatic N) is 1. The molecular weight excluding hydrogens is 466 g/mol. The number of aromatic amines is 2. The van der Waals surface area contributed by atoms with Crippen LogP contribution in [-0.2, 0) is 20.8 Å². The number of nitrogens with one attached hydrogen (secondary N) is 4. The van der Waals surface area contributed by atoms with Crippen LogP contribution in [0, 0.1) is 0 Å². The van der Waals surface area contributed by atoms with E-state index in [1.54, 1.807) is 30.5 Å². The number of fused-ring (bicyclic) bond motifs is 2. The highest BCUT2D eigenvalue weighted by atomic mass is 16.4. The summed E-state index contributed by atoms with van der Waals surface area (Å²) in [6.45, 7) is 2.68. The van der Waals surface area contributed by atoms with Gasteiger partial charge in [-0.15, -0.1) is 0 Å². The summed E-state index contributed by atoms with van der Waals surface area (Å²) in [5, 5.41) is 14.9. The number of para-hydroxylation sites is 2. The van der Waals surface area contributed by atoms with Gasteiger partial charge in [0.25, 0.3) is 5.56 Å². The summed E-state index contributed by atoms with van der Waals surface area (Å²) in [6.07, 6.45) is 1.69. The van der Waals surface area contributed by atoms with Gasteiger partial charge in [-0.3, -0.25) is 19.2 Å². The van der Waals surface area contributed by atoms with E-state index in [1.807, 2.05) is 24.3 Å². The third kappa shape index (κ3) is 4.76. The van der Waals surface area contributed by atoms with Crippen molar-refractivity contribution in [2.45, 2.75) is 38.4 Å². The minimum Gasteiger partial charge on any atom is -0.480 e. The number of aliphatic carboxylic acids is 1. The topological polar surface area (TPSA) is 166 Å². The summed E-state index contributed by atoms with van der Waals surface area (Å²) < 4.78 is 0.851. The molecule has 3 unspecified atom stereocenters. The normalized spacial score (nSPS) is 13.7. The van der Waals surface area contributed by atoms with Crippen molar-refractivity contribution in [2.24, 2.45) is 0 Å². The first-order valence-corrected chi connectivity index (χ1v) is 11.3. The summed E-state index contributed by atoms with van der Waals surface area (Å²) in [5.74, 6) is -2.69. The fourth-order valence-corrected chi connectivity index (χ4v) is 4.04. The number of carboxylic acid groups (broad SMARTS) is 1. The number of carbonyl (C=O) groups is 3. The van der Waals surface area contributed by atoms with E-state index >= 15 is 0 Å². The molecule has 11 nitrogen and oxygen atoms in total. The number of aromatic nitrogens is 3. The van der Waals surface area contributed by atoms with Gasteiger partial charge in [0, 0.05) is 23.5 Å². The van der Waals surface area contributed by atoms with Crippen LogP contribution >= 0.6 is 0 Å². The monoisotopic (exact) mass is 491 g/mol. The minimum absolute atomic E-state index is 0.0168. The highest BCUT2D eigenvalue weighted by molar-refractivity contribution is 5.92. The van der Waals surface area contributed by atoms with Crippen LogP contribution in [-0.4, -0.2) is 49.5 Å². The Morgan fingerprint density at radius 1 is 0.889 bits per heavy atom. The fraction of sp³-hybridized carbons (Fsp3) is 0.240. The maximum Gasteiger partial charge on any atom is 0.329 e. The van der Waals surface area contributed by atoms with Crippen molar-refractivity contribution in [3.8, 4) is 0 Å². The number of rotatable bonds is 8. The van der Waals surface area contributed by atoms with E-state index in [9.17, 15) is 24.0 Å². The van der Waals surface area contributed by atoms with Gasteiger partial charge in [-0.2, -0.15) is 0 Å². The Bertz CT molecular complexity index is 1580. The van der Waals surface area contributed by atoms with Gasteiger partial charge in [0.1, 0.15) is 18.1 Å². The highest BCUT2D eigenvalue weighted by Crippen LogP contribution is 2.22. The van der Waals surface area contributed by atoms with Crippen molar-refractivity contribution in [1.29, 1.82) is 0 Å². The van der Waals surface area contributed by atoms with Crippen LogP contribution in [0.1, 0.15) is 25.5 Å². The number of carboxylic acids is 1. The molecule has 3 atom stereocenters. The Labute approximate surface area is 204 Å². The molecule has 0 saturated carbocycles. The number of hydrogen-bond donors (Lipinski definition) is 5. The third-order valence-electron chi connectivity index (χ3n) is 6.02. The molecule has 0 aliphatic rings. The van der Waals surface area contributed by atoms with Gasteiger partial charge in [-0.05, 0) is 37.6 Å². The van der Waals surface area contributed by atoms with Crippen molar-refractivity contribution < 1.29 is 19.5 Å². The van der Waals surface area contributed by atoms with Gasteiger partial charge in [0.2, 0.25) is 11.8 Å². The maximum atomic E-state index is 13.5. The summed E-state index contributed by atoms with van der Waals surface area (Å²) in [6, 6.07) is 10.3. The van der Waals surface area contributed by atoms with Crippen molar-refractivity contribution in [1.82, 2.24) is 25.2 Å². The predicted molar refractivity (Wildman–Crippen MR) is 133 cm³/mol. The quantitative estimate of drug-likeness (QED) is 0.247. The Balaban J connectivity index is 1.74. The summed E-state index contributed by atoms with van der Waals surface area (Å²) in [4.78, 5) is 69.0. The molecule has 11 heteroatoms. The molecule has 0 aliphatic heterocycles. The zero-order valence-corrected chi connectivity index (χ0v) is 19.6. The molecule has 2 amide bonds. The second-order valence-corrected chi connectivity index (χ2v) is 8.53. The number of amides is 2. The van der Waals surface area contributed by atoms with Crippen LogP contribution < -0.4 is 21.9 Å². The first-order valence-electron chi connectivity index (χ1n) is 11.3. The van der Waals surface area contributed by atoms with Crippen LogP contribution in [0.2, 0.25) is 0 Å². The van der Waals surface area contributed by atoms with Crippen LogP contribution in [0.4, 0.5) is 0 Å². The average molecular weight is 492 g/mol. The Morgan fingerprint density at radius 2 is 1.50 bits per heavy atom. The predicted octanol–water partition coefficient (Wildman–Crippen LogP) is 1.05. The molecule has 36 heavy (non-hydrogen) atoms. The highest BCUT2D eigenvalue weighted by Gasteiger charge is 2.29. The molecule has 2 heterocycles. The largest absolute Gasteiger partial charge is 0.480 e. The molecule has 4 aromatic rings. The molecule has 0 bridgehead atoms. The molecule has 0 radical (unpaired) electrons. The molecule has 4 rings (SSSR count). The first-order chi connectivity index (χ1) is 17.2. The second-order valence-electron chi connectivity index (χ2n) is 8.53. The molecule has 2 aromatic carbocycles. The van der Waals surface area contributed by atoms with Crippen LogP contribution in [0.5, 0.6) is 0 Å². The molecule has 0 spiro atoms. The molecule has 0 aliphatic carbocycles. The number of H-pyrrole nitrogens is 2. The van der Waals surface area contributed by atoms with Crippen LogP contribution in [0.25, 0.3) is 21.8 Å². The van der Waals surface area contributed by atoms with E-state index in [1.165, 1.54) is 13.8 Å². The van der Waals surface area contributed by atoms with Crippen molar-refractivity contribution >= 4 is 39.6 Å². The number of benzene rings is 2. The minimum atomic E-state index is -1.29. The molecule has 2 aromatic heterocycles. The number of carbonyl (C=O) groups excluding carboxylic acids is 2. The van der Waals surface area contributed by atoms with Gasteiger partial charge < -0.3 is 25.7 Å². The SMILES string of the molecule is CC(NC(=O)C(C)NC(=O)C(Cc1c[nH]c2ccccc12)n1c(=O)[nH]c2ccccc2c1=O)C(=O)O. The maximum absolute atomic E-state index is 13.5. The summed E-state index contributed by atoms with van der Waals surface area (Å²) in [5.41, 5.74) is 0.440. The molecule has 5 N–H and O–H groups in total. The van der Waals surface area contributed by atoms with Gasteiger partial charge >= 0.3 is 11.7 Å². The molecular formula is C25H25N5O6. The van der Waals surface area contributed by atoms with Gasteiger partial charge in [0.05, 0.1) is 10.9 Å². The zero-order valence-electron chi connectivity index (χ0n) is 19.6. The van der Waals surface area contributed by atoms with E-state index in [-0.39, 0.29) is 11.8 Å². The Hall–Kier alpha value is -4.67. The zero-order chi connectivity index (χ0) is 26.0. The van der Waals surface area contributed by atoms with E-state index in [0.29, 0.717) is 11.1 Å². The Kier molecular flexibility index (Phi) is 6.73. The van der Waals surface area contributed by atoms with Crippen molar-refractivity contribution in [2.75, 3.05) is 0 Å². The lowest BCUT2D eigenvalue weighted by Gasteiger charge is -2.22. The standard InChI is InChI=1S/C25H25N5O6/c1-13(21(31)28-14(2)24(34)35)27-22(32)20(11-15-12-26-18-9-5-3-7-16(15)18)30-23(33)17-8-4-6-10-19(17)29-25(30)36/h3-10,12-14,20,26H,11H2,1-2H3,(H,27,32)(H,28,31)(H,29,36)(H,34,35). The van der Waals surface area contributed by atoms with Crippen LogP contribution in [0.3, 0.4) is 0 Å². The van der Waals surface area contributed by atoms with E-state index in [2.05, 4.69) is 20.6 Å². The third-order valence-corrected chi connectivity index (χ3v) is 6.02. The van der Waals surface area contributed by atoms with E-state index in [0.717, 1.165) is 15.5 Å². The smallest absolute Gasteiger partial charge is 0.329 e. The Morgan fingerprint density at radius 3 is 2.19 bits per heavy atom. The van der Waals surface area contributed by atoms with E-state index < -0.39 is 47.2 Å².